The number of anilines is 1. The first-order valence-corrected chi connectivity index (χ1v) is 11.0. The van der Waals surface area contributed by atoms with E-state index in [9.17, 15) is 9.59 Å². The summed E-state index contributed by atoms with van der Waals surface area (Å²) in [7, 11) is 1.56. The third-order valence-corrected chi connectivity index (χ3v) is 6.14. The van der Waals surface area contributed by atoms with Crippen LogP contribution in [-0.4, -0.2) is 23.3 Å². The van der Waals surface area contributed by atoms with Crippen LogP contribution in [0.25, 0.3) is 6.08 Å². The van der Waals surface area contributed by atoms with Crippen molar-refractivity contribution in [3.8, 4) is 11.5 Å². The van der Waals surface area contributed by atoms with Gasteiger partial charge in [0.25, 0.3) is 5.91 Å². The van der Waals surface area contributed by atoms with E-state index in [4.69, 9.17) is 21.7 Å². The highest BCUT2D eigenvalue weighted by Crippen LogP contribution is 2.37. The Kier molecular flexibility index (Phi) is 6.39. The van der Waals surface area contributed by atoms with Crippen molar-refractivity contribution in [1.29, 1.82) is 0 Å². The van der Waals surface area contributed by atoms with Crippen molar-refractivity contribution in [3.05, 3.63) is 94.4 Å². The summed E-state index contributed by atoms with van der Waals surface area (Å²) in [4.78, 5) is 27.5. The van der Waals surface area contributed by atoms with E-state index in [2.05, 4.69) is 0 Å². The van der Waals surface area contributed by atoms with Crippen molar-refractivity contribution in [2.45, 2.75) is 6.92 Å². The molecule has 1 fully saturated rings. The fourth-order valence-corrected chi connectivity index (χ4v) is 4.49. The third-order valence-electron chi connectivity index (χ3n) is 4.84. The molecule has 160 valence electrons. The van der Waals surface area contributed by atoms with E-state index in [-0.39, 0.29) is 5.91 Å². The minimum Gasteiger partial charge on any atom is -0.497 e. The van der Waals surface area contributed by atoms with E-state index >= 15 is 0 Å². The van der Waals surface area contributed by atoms with Crippen LogP contribution in [0, 0.1) is 6.92 Å². The van der Waals surface area contributed by atoms with Gasteiger partial charge in [-0.05, 0) is 66.6 Å². The number of thioether (sulfide) groups is 1. The van der Waals surface area contributed by atoms with Gasteiger partial charge < -0.3 is 9.47 Å². The summed E-state index contributed by atoms with van der Waals surface area (Å²) in [5.74, 6) is 0.395. The van der Waals surface area contributed by atoms with Gasteiger partial charge in [0.1, 0.15) is 11.5 Å². The standard InChI is InChI=1S/C25H19NO4S2/c1-16-6-3-4-9-21(16)26-23(27)22(32-25(26)31)15-17-7-5-8-20(14-17)30-24(28)18-10-12-19(29-2)13-11-18/h3-15H,1-2H3. The van der Waals surface area contributed by atoms with Crippen LogP contribution in [0.4, 0.5) is 5.69 Å². The highest BCUT2D eigenvalue weighted by molar-refractivity contribution is 8.27. The number of rotatable bonds is 5. The number of aryl methyl sites for hydroxylation is 1. The Bertz CT molecular complexity index is 1230. The van der Waals surface area contributed by atoms with E-state index in [1.807, 2.05) is 37.3 Å². The summed E-state index contributed by atoms with van der Waals surface area (Å²) in [6, 6.07) is 21.3. The maximum absolute atomic E-state index is 13.0. The Morgan fingerprint density at radius 2 is 1.75 bits per heavy atom. The Morgan fingerprint density at radius 1 is 1.00 bits per heavy atom. The molecule has 1 saturated heterocycles. The number of para-hydroxylation sites is 1. The average molecular weight is 462 g/mol. The molecule has 0 saturated carbocycles. The van der Waals surface area contributed by atoms with Crippen LogP contribution in [0.2, 0.25) is 0 Å². The summed E-state index contributed by atoms with van der Waals surface area (Å²) in [6.07, 6.45) is 1.75. The molecule has 0 radical (unpaired) electrons. The summed E-state index contributed by atoms with van der Waals surface area (Å²) in [5.41, 5.74) is 2.89. The second-order valence-electron chi connectivity index (χ2n) is 6.99. The van der Waals surface area contributed by atoms with Crippen molar-refractivity contribution in [2.75, 3.05) is 12.0 Å². The van der Waals surface area contributed by atoms with Gasteiger partial charge in [-0.2, -0.15) is 0 Å². The molecule has 0 atom stereocenters. The van der Waals surface area contributed by atoms with Crippen LogP contribution in [-0.2, 0) is 4.79 Å². The number of hydrogen-bond acceptors (Lipinski definition) is 6. The van der Waals surface area contributed by atoms with Crippen LogP contribution >= 0.6 is 24.0 Å². The molecule has 3 aromatic rings. The second-order valence-corrected chi connectivity index (χ2v) is 8.67. The molecule has 3 aromatic carbocycles. The Labute approximate surface area is 195 Å². The van der Waals surface area contributed by atoms with Gasteiger partial charge in [0.15, 0.2) is 4.32 Å². The number of ether oxygens (including phenoxy) is 2. The lowest BCUT2D eigenvalue weighted by Crippen LogP contribution is -2.28. The monoisotopic (exact) mass is 461 g/mol. The van der Waals surface area contributed by atoms with Gasteiger partial charge in [-0.25, -0.2) is 4.79 Å². The molecule has 0 aromatic heterocycles. The van der Waals surface area contributed by atoms with E-state index in [0.717, 1.165) is 16.8 Å². The van der Waals surface area contributed by atoms with Gasteiger partial charge in [-0.15, -0.1) is 0 Å². The van der Waals surface area contributed by atoms with Gasteiger partial charge in [-0.3, -0.25) is 9.69 Å². The lowest BCUT2D eigenvalue weighted by atomic mass is 10.1. The smallest absolute Gasteiger partial charge is 0.343 e. The molecule has 1 heterocycles. The van der Waals surface area contributed by atoms with Crippen LogP contribution in [0.15, 0.2) is 77.7 Å². The van der Waals surface area contributed by atoms with E-state index in [0.29, 0.717) is 26.3 Å². The molecule has 1 aliphatic heterocycles. The molecular weight excluding hydrogens is 442 g/mol. The quantitative estimate of drug-likeness (QED) is 0.212. The number of carbonyl (C=O) groups excluding carboxylic acids is 2. The highest BCUT2D eigenvalue weighted by atomic mass is 32.2. The van der Waals surface area contributed by atoms with E-state index < -0.39 is 5.97 Å². The minimum absolute atomic E-state index is 0.171. The largest absolute Gasteiger partial charge is 0.497 e. The zero-order valence-corrected chi connectivity index (χ0v) is 19.0. The van der Waals surface area contributed by atoms with Gasteiger partial charge in [0.2, 0.25) is 0 Å². The van der Waals surface area contributed by atoms with Gasteiger partial charge >= 0.3 is 5.97 Å². The van der Waals surface area contributed by atoms with Crippen LogP contribution in [0.1, 0.15) is 21.5 Å². The predicted molar refractivity (Wildman–Crippen MR) is 131 cm³/mol. The van der Waals surface area contributed by atoms with Crippen molar-refractivity contribution < 1.29 is 19.1 Å². The van der Waals surface area contributed by atoms with Crippen molar-refractivity contribution in [1.82, 2.24) is 0 Å². The zero-order valence-electron chi connectivity index (χ0n) is 17.4. The molecule has 32 heavy (non-hydrogen) atoms. The fraction of sp³-hybridized carbons (Fsp3) is 0.0800. The van der Waals surface area contributed by atoms with Crippen LogP contribution in [0.3, 0.4) is 0 Å². The summed E-state index contributed by atoms with van der Waals surface area (Å²) in [6.45, 7) is 1.94. The Hall–Kier alpha value is -3.42. The van der Waals surface area contributed by atoms with Crippen LogP contribution in [0.5, 0.6) is 11.5 Å². The third kappa shape index (κ3) is 4.59. The number of nitrogens with zero attached hydrogens (tertiary/aromatic N) is 1. The van der Waals surface area contributed by atoms with E-state index in [1.165, 1.54) is 11.8 Å². The zero-order chi connectivity index (χ0) is 22.7. The van der Waals surface area contributed by atoms with Gasteiger partial charge in [0, 0.05) is 0 Å². The normalized spacial score (nSPS) is 14.7. The molecule has 1 aliphatic rings. The number of amides is 1. The maximum Gasteiger partial charge on any atom is 0.343 e. The first kappa shape index (κ1) is 21.8. The van der Waals surface area contributed by atoms with Crippen molar-refractivity contribution >= 4 is 51.9 Å². The summed E-state index contributed by atoms with van der Waals surface area (Å²) >= 11 is 6.71. The molecule has 0 spiro atoms. The first-order chi connectivity index (χ1) is 15.5. The van der Waals surface area contributed by atoms with Gasteiger partial charge in [-0.1, -0.05) is 54.3 Å². The first-order valence-electron chi connectivity index (χ1n) is 9.76. The molecule has 0 aliphatic carbocycles. The molecule has 1 amide bonds. The summed E-state index contributed by atoms with van der Waals surface area (Å²) < 4.78 is 11.1. The number of thiocarbonyl (C=S) groups is 1. The average Bonchev–Trinajstić information content (AvgIpc) is 3.07. The van der Waals surface area contributed by atoms with Crippen molar-refractivity contribution in [3.63, 3.8) is 0 Å². The second kappa shape index (κ2) is 9.38. The lowest BCUT2D eigenvalue weighted by Gasteiger charge is -2.16. The fourth-order valence-electron chi connectivity index (χ4n) is 3.20. The summed E-state index contributed by atoms with van der Waals surface area (Å²) in [5, 5.41) is 0. The van der Waals surface area contributed by atoms with E-state index in [1.54, 1.807) is 60.6 Å². The van der Waals surface area contributed by atoms with Crippen molar-refractivity contribution in [2.24, 2.45) is 0 Å². The molecule has 4 rings (SSSR count). The SMILES string of the molecule is COc1ccc(C(=O)Oc2cccc(C=C3SC(=S)N(c4ccccc4C)C3=O)c2)cc1. The predicted octanol–water partition coefficient (Wildman–Crippen LogP) is 5.63. The number of esters is 1. The maximum atomic E-state index is 13.0. The van der Waals surface area contributed by atoms with Crippen LogP contribution < -0.4 is 14.4 Å². The molecule has 0 bridgehead atoms. The highest BCUT2D eigenvalue weighted by Gasteiger charge is 2.33. The molecule has 7 heteroatoms. The lowest BCUT2D eigenvalue weighted by molar-refractivity contribution is -0.113. The molecule has 5 nitrogen and oxygen atoms in total. The minimum atomic E-state index is -0.476. The Balaban J connectivity index is 1.53. The molecular formula is C25H19NO4S2. The molecule has 0 N–H and O–H groups in total. The topological polar surface area (TPSA) is 55.8 Å². The number of carbonyl (C=O) groups is 2. The molecule has 0 unspecified atom stereocenters. The number of benzene rings is 3. The number of methoxy groups -OCH3 is 1. The van der Waals surface area contributed by atoms with Gasteiger partial charge in [0.05, 0.1) is 23.3 Å². The number of hydrogen-bond donors (Lipinski definition) is 0. The Morgan fingerprint density at radius 3 is 2.47 bits per heavy atom.